The van der Waals surface area contributed by atoms with Crippen LogP contribution in [0.25, 0.3) is 0 Å². The maximum absolute atomic E-state index is 13.3. The third-order valence-electron chi connectivity index (χ3n) is 2.63. The molecule has 0 radical (unpaired) electrons. The molecular weight excluding hydrogens is 233 g/mol. The summed E-state index contributed by atoms with van der Waals surface area (Å²) in [5, 5.41) is 2.62. The molecular formula is C14H14FNO2. The molecule has 1 heterocycles. The molecule has 3 nitrogen and oxygen atoms in total. The van der Waals surface area contributed by atoms with Crippen molar-refractivity contribution in [1.29, 1.82) is 0 Å². The molecule has 4 heteroatoms. The summed E-state index contributed by atoms with van der Waals surface area (Å²) in [5.74, 6) is 0.346. The van der Waals surface area contributed by atoms with Crippen molar-refractivity contribution in [2.45, 2.75) is 19.9 Å². The molecule has 0 bridgehead atoms. The fraction of sp³-hybridized carbons (Fsp3) is 0.214. The minimum Gasteiger partial charge on any atom is -0.456 e. The monoisotopic (exact) mass is 247 g/mol. The van der Waals surface area contributed by atoms with Crippen LogP contribution in [0.1, 0.15) is 28.8 Å². The van der Waals surface area contributed by atoms with Crippen LogP contribution in [0.5, 0.6) is 0 Å². The Hall–Kier alpha value is -2.10. The molecule has 1 aromatic carbocycles. The van der Waals surface area contributed by atoms with Crippen LogP contribution in [0.3, 0.4) is 0 Å². The van der Waals surface area contributed by atoms with Crippen molar-refractivity contribution in [2.75, 3.05) is 0 Å². The highest BCUT2D eigenvalue weighted by Gasteiger charge is 2.10. The average Bonchev–Trinajstić information content (AvgIpc) is 2.86. The van der Waals surface area contributed by atoms with Crippen molar-refractivity contribution in [3.8, 4) is 0 Å². The van der Waals surface area contributed by atoms with Crippen LogP contribution in [-0.2, 0) is 13.0 Å². The first-order valence-corrected chi connectivity index (χ1v) is 5.81. The highest BCUT2D eigenvalue weighted by atomic mass is 19.1. The lowest BCUT2D eigenvalue weighted by Gasteiger charge is -2.04. The lowest BCUT2D eigenvalue weighted by molar-refractivity contribution is 0.0921. The van der Waals surface area contributed by atoms with E-state index in [2.05, 4.69) is 5.32 Å². The van der Waals surface area contributed by atoms with Gasteiger partial charge in [-0.25, -0.2) is 4.39 Å². The Bertz CT molecular complexity index is 548. The molecule has 18 heavy (non-hydrogen) atoms. The molecule has 0 fully saturated rings. The Morgan fingerprint density at radius 3 is 2.72 bits per heavy atom. The van der Waals surface area contributed by atoms with E-state index in [0.29, 0.717) is 5.56 Å². The third kappa shape index (κ3) is 2.77. The number of rotatable bonds is 4. The average molecular weight is 247 g/mol. The topological polar surface area (TPSA) is 42.2 Å². The van der Waals surface area contributed by atoms with Gasteiger partial charge in [0, 0.05) is 18.5 Å². The molecule has 1 amide bonds. The zero-order valence-corrected chi connectivity index (χ0v) is 10.1. The van der Waals surface area contributed by atoms with Gasteiger partial charge in [-0.05, 0) is 18.2 Å². The Labute approximate surface area is 105 Å². The number of aryl methyl sites for hydroxylation is 1. The first kappa shape index (κ1) is 12.4. The second kappa shape index (κ2) is 5.49. The van der Waals surface area contributed by atoms with E-state index in [0.717, 1.165) is 12.2 Å². The number of hydrogen-bond acceptors (Lipinski definition) is 2. The fourth-order valence-corrected chi connectivity index (χ4v) is 1.59. The zero-order valence-electron chi connectivity index (χ0n) is 10.1. The van der Waals surface area contributed by atoms with Crippen molar-refractivity contribution < 1.29 is 13.6 Å². The van der Waals surface area contributed by atoms with E-state index in [4.69, 9.17) is 4.42 Å². The van der Waals surface area contributed by atoms with Crippen LogP contribution < -0.4 is 5.32 Å². The minimum atomic E-state index is -0.335. The molecule has 0 aliphatic carbocycles. The lowest BCUT2D eigenvalue weighted by atomic mass is 10.2. The lowest BCUT2D eigenvalue weighted by Crippen LogP contribution is -2.22. The smallest absolute Gasteiger partial charge is 0.287 e. The SMILES string of the molecule is CCc1ccc(C(=O)NCc2ccccc2F)o1. The van der Waals surface area contributed by atoms with E-state index in [9.17, 15) is 9.18 Å². The predicted molar refractivity (Wildman–Crippen MR) is 65.7 cm³/mol. The Morgan fingerprint density at radius 1 is 1.28 bits per heavy atom. The second-order valence-corrected chi connectivity index (χ2v) is 3.89. The molecule has 0 aliphatic rings. The maximum Gasteiger partial charge on any atom is 0.287 e. The highest BCUT2D eigenvalue weighted by Crippen LogP contribution is 2.09. The van der Waals surface area contributed by atoms with E-state index >= 15 is 0 Å². The molecule has 2 rings (SSSR count). The summed E-state index contributed by atoms with van der Waals surface area (Å²) in [6, 6.07) is 9.72. The Morgan fingerprint density at radius 2 is 2.06 bits per heavy atom. The Balaban J connectivity index is 1.98. The van der Waals surface area contributed by atoms with Crippen LogP contribution in [0.2, 0.25) is 0 Å². The summed E-state index contributed by atoms with van der Waals surface area (Å²) in [5.41, 5.74) is 0.452. The zero-order chi connectivity index (χ0) is 13.0. The molecule has 1 aromatic heterocycles. The van der Waals surface area contributed by atoms with Crippen molar-refractivity contribution in [3.63, 3.8) is 0 Å². The number of nitrogens with one attached hydrogen (secondary N) is 1. The van der Waals surface area contributed by atoms with E-state index < -0.39 is 0 Å². The van der Waals surface area contributed by atoms with Gasteiger partial charge in [0.25, 0.3) is 5.91 Å². The molecule has 1 N–H and O–H groups in total. The maximum atomic E-state index is 13.3. The van der Waals surface area contributed by atoms with E-state index in [1.165, 1.54) is 6.07 Å². The van der Waals surface area contributed by atoms with Gasteiger partial charge in [0.2, 0.25) is 0 Å². The Kier molecular flexibility index (Phi) is 3.77. The van der Waals surface area contributed by atoms with Crippen molar-refractivity contribution >= 4 is 5.91 Å². The summed E-state index contributed by atoms with van der Waals surface area (Å²) >= 11 is 0. The van der Waals surface area contributed by atoms with Crippen molar-refractivity contribution in [2.24, 2.45) is 0 Å². The van der Waals surface area contributed by atoms with E-state index in [1.54, 1.807) is 30.3 Å². The van der Waals surface area contributed by atoms with Crippen LogP contribution in [0.15, 0.2) is 40.8 Å². The number of carbonyl (C=O) groups is 1. The van der Waals surface area contributed by atoms with Crippen molar-refractivity contribution in [1.82, 2.24) is 5.32 Å². The minimum absolute atomic E-state index is 0.146. The van der Waals surface area contributed by atoms with Gasteiger partial charge in [-0.15, -0.1) is 0 Å². The van der Waals surface area contributed by atoms with Crippen LogP contribution in [-0.4, -0.2) is 5.91 Å². The van der Waals surface area contributed by atoms with Gasteiger partial charge in [-0.3, -0.25) is 4.79 Å². The fourth-order valence-electron chi connectivity index (χ4n) is 1.59. The van der Waals surface area contributed by atoms with Crippen LogP contribution in [0.4, 0.5) is 4.39 Å². The normalized spacial score (nSPS) is 10.3. The van der Waals surface area contributed by atoms with E-state index in [1.807, 2.05) is 6.92 Å². The van der Waals surface area contributed by atoms with Gasteiger partial charge < -0.3 is 9.73 Å². The second-order valence-electron chi connectivity index (χ2n) is 3.89. The van der Waals surface area contributed by atoms with Gasteiger partial charge in [0.15, 0.2) is 5.76 Å². The third-order valence-corrected chi connectivity index (χ3v) is 2.63. The summed E-state index contributed by atoms with van der Waals surface area (Å²) in [7, 11) is 0. The standard InChI is InChI=1S/C14H14FNO2/c1-2-11-7-8-13(18-11)14(17)16-9-10-5-3-4-6-12(10)15/h3-8H,2,9H2,1H3,(H,16,17). The number of hydrogen-bond donors (Lipinski definition) is 1. The van der Waals surface area contributed by atoms with Crippen LogP contribution >= 0.6 is 0 Å². The molecule has 94 valence electrons. The van der Waals surface area contributed by atoms with Gasteiger partial charge in [-0.2, -0.15) is 0 Å². The summed E-state index contributed by atoms with van der Waals surface area (Å²) in [6.07, 6.45) is 0.737. The number of furan rings is 1. The van der Waals surface area contributed by atoms with Crippen LogP contribution in [0, 0.1) is 5.82 Å². The number of carbonyl (C=O) groups excluding carboxylic acids is 1. The van der Waals surface area contributed by atoms with Gasteiger partial charge in [0.1, 0.15) is 11.6 Å². The van der Waals surface area contributed by atoms with E-state index in [-0.39, 0.29) is 24.0 Å². The van der Waals surface area contributed by atoms with Gasteiger partial charge in [-0.1, -0.05) is 25.1 Å². The first-order chi connectivity index (χ1) is 8.70. The summed E-state index contributed by atoms with van der Waals surface area (Å²) in [4.78, 5) is 11.7. The van der Waals surface area contributed by atoms with Gasteiger partial charge >= 0.3 is 0 Å². The van der Waals surface area contributed by atoms with Gasteiger partial charge in [0.05, 0.1) is 0 Å². The molecule has 0 saturated carbocycles. The summed E-state index contributed by atoms with van der Waals surface area (Å²) < 4.78 is 18.6. The molecule has 0 aliphatic heterocycles. The quantitative estimate of drug-likeness (QED) is 0.902. The number of amides is 1. The number of benzene rings is 1. The molecule has 0 saturated heterocycles. The summed E-state index contributed by atoms with van der Waals surface area (Å²) in [6.45, 7) is 2.09. The highest BCUT2D eigenvalue weighted by molar-refractivity contribution is 5.91. The predicted octanol–water partition coefficient (Wildman–Crippen LogP) is 2.91. The largest absolute Gasteiger partial charge is 0.456 e. The molecule has 0 spiro atoms. The number of halogens is 1. The van der Waals surface area contributed by atoms with Crippen molar-refractivity contribution in [3.05, 3.63) is 59.3 Å². The molecule has 0 atom stereocenters. The molecule has 2 aromatic rings. The first-order valence-electron chi connectivity index (χ1n) is 5.81. The molecule has 0 unspecified atom stereocenters.